The molecule has 0 radical (unpaired) electrons. The zero-order chi connectivity index (χ0) is 18.5. The van der Waals surface area contributed by atoms with Crippen LogP contribution < -0.4 is 5.32 Å². The maximum atomic E-state index is 12.7. The van der Waals surface area contributed by atoms with Crippen molar-refractivity contribution >= 4 is 22.6 Å². The number of rotatable bonds is 3. The summed E-state index contributed by atoms with van der Waals surface area (Å²) in [5.74, 6) is -0.0930. The Labute approximate surface area is 145 Å². The minimum absolute atomic E-state index is 0.0930. The Morgan fingerprint density at radius 3 is 2.77 bits per heavy atom. The molecular weight excluding hydrogens is 347 g/mol. The van der Waals surface area contributed by atoms with Gasteiger partial charge in [-0.25, -0.2) is 14.5 Å². The predicted molar refractivity (Wildman–Crippen MR) is 89.7 cm³/mol. The third-order valence-electron chi connectivity index (χ3n) is 4.08. The predicted octanol–water partition coefficient (Wildman–Crippen LogP) is 3.34. The van der Waals surface area contributed by atoms with Gasteiger partial charge in [0.2, 0.25) is 5.95 Å². The third kappa shape index (κ3) is 2.72. The van der Waals surface area contributed by atoms with Crippen molar-refractivity contribution in [2.75, 3.05) is 5.32 Å². The van der Waals surface area contributed by atoms with E-state index < -0.39 is 12.2 Å². The molecule has 0 aliphatic rings. The second-order valence-corrected chi connectivity index (χ2v) is 5.95. The monoisotopic (exact) mass is 361 g/mol. The molecule has 0 fully saturated rings. The van der Waals surface area contributed by atoms with Crippen LogP contribution in [0.15, 0.2) is 30.7 Å². The Kier molecular flexibility index (Phi) is 3.56. The highest BCUT2D eigenvalue weighted by atomic mass is 19.4. The van der Waals surface area contributed by atoms with E-state index in [0.29, 0.717) is 16.7 Å². The van der Waals surface area contributed by atoms with Gasteiger partial charge in [-0.1, -0.05) is 0 Å². The molecule has 4 aromatic heterocycles. The second-order valence-electron chi connectivity index (χ2n) is 5.95. The highest BCUT2D eigenvalue weighted by Crippen LogP contribution is 2.27. The van der Waals surface area contributed by atoms with Crippen LogP contribution in [0, 0.1) is 6.92 Å². The number of aromatic amines is 1. The summed E-state index contributed by atoms with van der Waals surface area (Å²) in [5, 5.41) is 7.47. The lowest BCUT2D eigenvalue weighted by Crippen LogP contribution is -2.33. The van der Waals surface area contributed by atoms with Gasteiger partial charge < -0.3 is 10.3 Å². The molecule has 1 atom stereocenters. The van der Waals surface area contributed by atoms with Crippen molar-refractivity contribution in [1.29, 1.82) is 0 Å². The summed E-state index contributed by atoms with van der Waals surface area (Å²) < 4.78 is 39.7. The fourth-order valence-electron chi connectivity index (χ4n) is 2.60. The first-order chi connectivity index (χ1) is 12.3. The number of hydrogen-bond acceptors (Lipinski definition) is 5. The first-order valence-electron chi connectivity index (χ1n) is 7.82. The molecule has 0 unspecified atom stereocenters. The van der Waals surface area contributed by atoms with Crippen molar-refractivity contribution in [2.24, 2.45) is 0 Å². The lowest BCUT2D eigenvalue weighted by atomic mass is 10.2. The summed E-state index contributed by atoms with van der Waals surface area (Å²) in [5.41, 5.74) is 3.49. The molecule has 0 saturated carbocycles. The molecule has 0 spiro atoms. The van der Waals surface area contributed by atoms with Crippen LogP contribution in [0.1, 0.15) is 12.6 Å². The number of anilines is 1. The largest absolute Gasteiger partial charge is 0.408 e. The first kappa shape index (κ1) is 16.3. The second kappa shape index (κ2) is 5.68. The number of imidazole rings is 1. The van der Waals surface area contributed by atoms with Crippen LogP contribution in [-0.4, -0.2) is 41.8 Å². The van der Waals surface area contributed by atoms with Crippen LogP contribution in [0.5, 0.6) is 0 Å². The highest BCUT2D eigenvalue weighted by Gasteiger charge is 2.36. The van der Waals surface area contributed by atoms with E-state index in [9.17, 15) is 13.2 Å². The minimum atomic E-state index is -4.37. The van der Waals surface area contributed by atoms with E-state index in [0.717, 1.165) is 23.8 Å². The van der Waals surface area contributed by atoms with E-state index in [2.05, 4.69) is 30.4 Å². The zero-order valence-corrected chi connectivity index (χ0v) is 13.8. The smallest absolute Gasteiger partial charge is 0.345 e. The number of alkyl halides is 3. The molecule has 4 aromatic rings. The molecule has 7 nitrogen and oxygen atoms in total. The van der Waals surface area contributed by atoms with Gasteiger partial charge in [-0.3, -0.25) is 0 Å². The molecule has 4 heterocycles. The number of halogens is 3. The molecule has 0 saturated heterocycles. The first-order valence-corrected chi connectivity index (χ1v) is 7.82. The zero-order valence-electron chi connectivity index (χ0n) is 13.8. The molecule has 0 amide bonds. The normalized spacial score (nSPS) is 13.4. The highest BCUT2D eigenvalue weighted by molar-refractivity contribution is 5.92. The summed E-state index contributed by atoms with van der Waals surface area (Å²) in [6.45, 7) is 2.91. The van der Waals surface area contributed by atoms with E-state index in [-0.39, 0.29) is 5.95 Å². The topological polar surface area (TPSA) is 83.8 Å². The molecule has 0 aromatic carbocycles. The summed E-state index contributed by atoms with van der Waals surface area (Å²) in [7, 11) is 0. The molecule has 4 rings (SSSR count). The van der Waals surface area contributed by atoms with Crippen LogP contribution in [0.3, 0.4) is 0 Å². The molecular formula is C16H14F3N7. The van der Waals surface area contributed by atoms with Gasteiger partial charge in [-0.15, -0.1) is 0 Å². The number of H-pyrrole nitrogens is 1. The lowest BCUT2D eigenvalue weighted by molar-refractivity contribution is -0.138. The van der Waals surface area contributed by atoms with Gasteiger partial charge in [0.05, 0.1) is 17.6 Å². The Bertz CT molecular complexity index is 1100. The number of nitrogens with one attached hydrogen (secondary N) is 2. The van der Waals surface area contributed by atoms with Gasteiger partial charge in [0.1, 0.15) is 11.7 Å². The van der Waals surface area contributed by atoms with Crippen molar-refractivity contribution in [3.8, 4) is 11.3 Å². The van der Waals surface area contributed by atoms with Gasteiger partial charge in [0, 0.05) is 23.3 Å². The number of hydrogen-bond donors (Lipinski definition) is 2. The van der Waals surface area contributed by atoms with E-state index >= 15 is 0 Å². The molecule has 134 valence electrons. The SMILES string of the molecule is Cc1cnc2ccc(-c3c[nH]c4nc(N[C@@H](C)C(F)(F)F)ncc34)nn12. The number of nitrogens with zero attached hydrogens (tertiary/aromatic N) is 5. The van der Waals surface area contributed by atoms with E-state index in [1.807, 2.05) is 19.1 Å². The summed E-state index contributed by atoms with van der Waals surface area (Å²) >= 11 is 0. The van der Waals surface area contributed by atoms with Crippen molar-refractivity contribution in [1.82, 2.24) is 29.5 Å². The van der Waals surface area contributed by atoms with Crippen molar-refractivity contribution in [2.45, 2.75) is 26.1 Å². The lowest BCUT2D eigenvalue weighted by Gasteiger charge is -2.16. The van der Waals surface area contributed by atoms with Crippen molar-refractivity contribution in [3.05, 3.63) is 36.4 Å². The van der Waals surface area contributed by atoms with Gasteiger partial charge in [0.25, 0.3) is 0 Å². The Balaban J connectivity index is 1.71. The van der Waals surface area contributed by atoms with Gasteiger partial charge in [-0.05, 0) is 26.0 Å². The molecule has 0 aliphatic heterocycles. The van der Waals surface area contributed by atoms with Crippen molar-refractivity contribution in [3.63, 3.8) is 0 Å². The van der Waals surface area contributed by atoms with Gasteiger partial charge in [-0.2, -0.15) is 23.3 Å². The Hall–Kier alpha value is -3.17. The molecule has 0 bridgehead atoms. The van der Waals surface area contributed by atoms with Crippen molar-refractivity contribution < 1.29 is 13.2 Å². The maximum absolute atomic E-state index is 12.7. The minimum Gasteiger partial charge on any atom is -0.345 e. The van der Waals surface area contributed by atoms with E-state index in [1.165, 1.54) is 6.20 Å². The van der Waals surface area contributed by atoms with Crippen LogP contribution >= 0.6 is 0 Å². The van der Waals surface area contributed by atoms with Crippen LogP contribution in [0.25, 0.3) is 27.9 Å². The fraction of sp³-hybridized carbons (Fsp3) is 0.250. The summed E-state index contributed by atoms with van der Waals surface area (Å²) in [6.07, 6.45) is 0.536. The standard InChI is InChI=1S/C16H14F3N7/c1-8-5-20-13-4-3-12(25-26(8)13)10-6-21-14-11(10)7-22-15(24-14)23-9(2)16(17,18)19/h3-7,9H,1-2H3,(H2,21,22,23,24)/t9-/m0/s1. The number of fused-ring (bicyclic) bond motifs is 2. The number of aromatic nitrogens is 6. The summed E-state index contributed by atoms with van der Waals surface area (Å²) in [6, 6.07) is 1.92. The number of aryl methyl sites for hydroxylation is 1. The quantitative estimate of drug-likeness (QED) is 0.585. The Morgan fingerprint density at radius 2 is 2.00 bits per heavy atom. The average molecular weight is 361 g/mol. The van der Waals surface area contributed by atoms with E-state index in [1.54, 1.807) is 16.9 Å². The maximum Gasteiger partial charge on any atom is 0.408 e. The van der Waals surface area contributed by atoms with Gasteiger partial charge >= 0.3 is 6.18 Å². The third-order valence-corrected chi connectivity index (χ3v) is 4.08. The van der Waals surface area contributed by atoms with Crippen LogP contribution in [-0.2, 0) is 0 Å². The van der Waals surface area contributed by atoms with Crippen LogP contribution in [0.4, 0.5) is 19.1 Å². The molecule has 26 heavy (non-hydrogen) atoms. The van der Waals surface area contributed by atoms with Gasteiger partial charge in [0.15, 0.2) is 5.65 Å². The molecule has 2 N–H and O–H groups in total. The molecule has 10 heteroatoms. The summed E-state index contributed by atoms with van der Waals surface area (Å²) in [4.78, 5) is 15.3. The Morgan fingerprint density at radius 1 is 1.19 bits per heavy atom. The molecule has 0 aliphatic carbocycles. The average Bonchev–Trinajstić information content (AvgIpc) is 3.17. The van der Waals surface area contributed by atoms with Crippen LogP contribution in [0.2, 0.25) is 0 Å². The fourth-order valence-corrected chi connectivity index (χ4v) is 2.60. The van der Waals surface area contributed by atoms with E-state index in [4.69, 9.17) is 0 Å².